The molecule has 4 heteroatoms. The maximum Gasteiger partial charge on any atom is 0.346 e. The first-order valence-corrected chi connectivity index (χ1v) is 6.03. The summed E-state index contributed by atoms with van der Waals surface area (Å²) >= 11 is 6.56. The predicted molar refractivity (Wildman–Crippen MR) is 67.8 cm³/mol. The van der Waals surface area contributed by atoms with Gasteiger partial charge in [-0.25, -0.2) is 4.79 Å². The molecule has 0 saturated carbocycles. The molecular weight excluding hydrogens is 324 g/mol. The summed E-state index contributed by atoms with van der Waals surface area (Å²) in [6.07, 6.45) is 0. The molecule has 0 spiro atoms. The van der Waals surface area contributed by atoms with Gasteiger partial charge < -0.3 is 4.74 Å². The number of rotatable bonds is 3. The van der Waals surface area contributed by atoms with E-state index in [9.17, 15) is 4.79 Å². The van der Waals surface area contributed by atoms with Crippen molar-refractivity contribution in [1.82, 2.24) is 0 Å². The van der Waals surface area contributed by atoms with Crippen LogP contribution in [0.15, 0.2) is 34.8 Å². The monoisotopic (exact) mass is 332 g/mol. The molecule has 0 aliphatic carbocycles. The highest BCUT2D eigenvalue weighted by atomic mass is 79.9. The summed E-state index contributed by atoms with van der Waals surface area (Å²) in [7, 11) is 0. The Morgan fingerprint density at radius 2 is 1.87 bits per heavy atom. The van der Waals surface area contributed by atoms with Gasteiger partial charge in [0.15, 0.2) is 0 Å². The molecule has 1 aromatic rings. The van der Waals surface area contributed by atoms with Crippen molar-refractivity contribution in [3.05, 3.63) is 40.4 Å². The second-order valence-corrected chi connectivity index (χ2v) is 4.30. The molecule has 80 valence electrons. The van der Waals surface area contributed by atoms with Crippen LogP contribution in [-0.4, -0.2) is 12.6 Å². The van der Waals surface area contributed by atoms with Crippen LogP contribution in [-0.2, 0) is 9.53 Å². The van der Waals surface area contributed by atoms with Gasteiger partial charge in [0.2, 0.25) is 0 Å². The second-order valence-electron chi connectivity index (χ2n) is 2.71. The molecule has 0 unspecified atom stereocenters. The molecule has 0 aliphatic heterocycles. The quantitative estimate of drug-likeness (QED) is 0.622. The Bertz CT molecular complexity index is 371. The van der Waals surface area contributed by atoms with Gasteiger partial charge in [-0.15, -0.1) is 0 Å². The Hall–Kier alpha value is -0.610. The zero-order valence-corrected chi connectivity index (χ0v) is 11.3. The third-order valence-corrected chi connectivity index (χ3v) is 3.78. The van der Waals surface area contributed by atoms with Crippen LogP contribution in [0, 0.1) is 0 Å². The summed E-state index contributed by atoms with van der Waals surface area (Å²) in [5.74, 6) is -0.367. The summed E-state index contributed by atoms with van der Waals surface area (Å²) < 4.78 is 5.97. The van der Waals surface area contributed by atoms with E-state index in [0.717, 1.165) is 5.56 Å². The van der Waals surface area contributed by atoms with Crippen LogP contribution < -0.4 is 0 Å². The highest BCUT2D eigenvalue weighted by molar-refractivity contribution is 9.16. The predicted octanol–water partition coefficient (Wildman–Crippen LogP) is 3.71. The molecule has 0 bridgehead atoms. The van der Waals surface area contributed by atoms with E-state index in [1.54, 1.807) is 6.92 Å². The lowest BCUT2D eigenvalue weighted by Crippen LogP contribution is -2.04. The molecule has 15 heavy (non-hydrogen) atoms. The van der Waals surface area contributed by atoms with Crippen molar-refractivity contribution >= 4 is 42.3 Å². The molecule has 0 amide bonds. The van der Waals surface area contributed by atoms with Crippen molar-refractivity contribution in [3.63, 3.8) is 0 Å². The number of hydrogen-bond donors (Lipinski definition) is 0. The normalized spacial score (nSPS) is 11.9. The molecule has 0 aromatic heterocycles. The number of ether oxygens (including phenoxy) is 1. The van der Waals surface area contributed by atoms with E-state index in [0.29, 0.717) is 15.6 Å². The summed E-state index contributed by atoms with van der Waals surface area (Å²) in [5, 5.41) is 0. The second kappa shape index (κ2) is 6.08. The molecule has 0 N–H and O–H groups in total. The third kappa shape index (κ3) is 3.47. The highest BCUT2D eigenvalue weighted by Crippen LogP contribution is 2.29. The molecule has 0 atom stereocenters. The van der Waals surface area contributed by atoms with Gasteiger partial charge in [-0.05, 0) is 44.3 Å². The smallest absolute Gasteiger partial charge is 0.346 e. The van der Waals surface area contributed by atoms with Crippen molar-refractivity contribution < 1.29 is 9.53 Å². The van der Waals surface area contributed by atoms with Gasteiger partial charge >= 0.3 is 5.97 Å². The van der Waals surface area contributed by atoms with E-state index < -0.39 is 0 Å². The zero-order chi connectivity index (χ0) is 11.3. The molecule has 1 aromatic carbocycles. The van der Waals surface area contributed by atoms with E-state index in [1.807, 2.05) is 30.3 Å². The van der Waals surface area contributed by atoms with E-state index in [4.69, 9.17) is 4.74 Å². The molecule has 2 nitrogen and oxygen atoms in total. The van der Waals surface area contributed by atoms with Crippen LogP contribution in [0.2, 0.25) is 0 Å². The largest absolute Gasteiger partial charge is 0.462 e. The van der Waals surface area contributed by atoms with Crippen LogP contribution in [0.3, 0.4) is 0 Å². The van der Waals surface area contributed by atoms with Crippen LogP contribution in [0.4, 0.5) is 0 Å². The first-order chi connectivity index (χ1) is 7.16. The SMILES string of the molecule is CCOC(=O)C(Br)=C(Br)c1ccccc1. The van der Waals surface area contributed by atoms with Crippen LogP contribution in [0.1, 0.15) is 12.5 Å². The Kier molecular flexibility index (Phi) is 5.05. The van der Waals surface area contributed by atoms with E-state index >= 15 is 0 Å². The number of esters is 1. The fourth-order valence-electron chi connectivity index (χ4n) is 0.995. The van der Waals surface area contributed by atoms with Crippen molar-refractivity contribution in [1.29, 1.82) is 0 Å². The zero-order valence-electron chi connectivity index (χ0n) is 8.17. The lowest BCUT2D eigenvalue weighted by Gasteiger charge is -2.04. The fraction of sp³-hybridized carbons (Fsp3) is 0.182. The number of halogens is 2. The molecule has 0 heterocycles. The minimum Gasteiger partial charge on any atom is -0.462 e. The standard InChI is InChI=1S/C11H10Br2O2/c1-2-15-11(14)10(13)9(12)8-6-4-3-5-7-8/h3-7H,2H2,1H3. The molecular formula is C11H10Br2O2. The minimum absolute atomic E-state index is 0.364. The van der Waals surface area contributed by atoms with Crippen LogP contribution in [0.25, 0.3) is 4.48 Å². The van der Waals surface area contributed by atoms with E-state index in [-0.39, 0.29) is 5.97 Å². The Morgan fingerprint density at radius 3 is 2.40 bits per heavy atom. The molecule has 0 fully saturated rings. The van der Waals surface area contributed by atoms with Crippen LogP contribution >= 0.6 is 31.9 Å². The van der Waals surface area contributed by atoms with Crippen molar-refractivity contribution in [2.24, 2.45) is 0 Å². The number of carbonyl (C=O) groups is 1. The first kappa shape index (κ1) is 12.5. The number of hydrogen-bond acceptors (Lipinski definition) is 2. The number of benzene rings is 1. The number of carbonyl (C=O) groups excluding carboxylic acids is 1. The average Bonchev–Trinajstić information content (AvgIpc) is 2.28. The minimum atomic E-state index is -0.367. The average molecular weight is 334 g/mol. The Morgan fingerprint density at radius 1 is 1.27 bits per heavy atom. The van der Waals surface area contributed by atoms with Crippen molar-refractivity contribution in [2.75, 3.05) is 6.61 Å². The van der Waals surface area contributed by atoms with Gasteiger partial charge in [-0.3, -0.25) is 0 Å². The lowest BCUT2D eigenvalue weighted by atomic mass is 10.2. The molecule has 0 aliphatic rings. The summed E-state index contributed by atoms with van der Waals surface area (Å²) in [5.41, 5.74) is 0.928. The lowest BCUT2D eigenvalue weighted by molar-refractivity contribution is -0.137. The summed E-state index contributed by atoms with van der Waals surface area (Å²) in [6, 6.07) is 9.54. The van der Waals surface area contributed by atoms with Crippen molar-refractivity contribution in [2.45, 2.75) is 6.92 Å². The van der Waals surface area contributed by atoms with Crippen LogP contribution in [0.5, 0.6) is 0 Å². The topological polar surface area (TPSA) is 26.3 Å². The van der Waals surface area contributed by atoms with Gasteiger partial charge in [0.25, 0.3) is 0 Å². The van der Waals surface area contributed by atoms with Gasteiger partial charge in [-0.1, -0.05) is 30.3 Å². The van der Waals surface area contributed by atoms with E-state index in [1.165, 1.54) is 0 Å². The van der Waals surface area contributed by atoms with Gasteiger partial charge in [-0.2, -0.15) is 0 Å². The maximum atomic E-state index is 11.4. The first-order valence-electron chi connectivity index (χ1n) is 4.44. The molecule has 0 saturated heterocycles. The highest BCUT2D eigenvalue weighted by Gasteiger charge is 2.12. The molecule has 0 radical (unpaired) electrons. The van der Waals surface area contributed by atoms with Crippen molar-refractivity contribution in [3.8, 4) is 0 Å². The van der Waals surface area contributed by atoms with Gasteiger partial charge in [0.05, 0.1) is 6.61 Å². The molecule has 1 rings (SSSR count). The maximum absolute atomic E-state index is 11.4. The van der Waals surface area contributed by atoms with Gasteiger partial charge in [0, 0.05) is 4.48 Å². The third-order valence-electron chi connectivity index (χ3n) is 1.67. The Labute approximate surface area is 106 Å². The Balaban J connectivity index is 2.95. The van der Waals surface area contributed by atoms with E-state index in [2.05, 4.69) is 31.9 Å². The van der Waals surface area contributed by atoms with Gasteiger partial charge in [0.1, 0.15) is 4.48 Å². The summed E-state index contributed by atoms with van der Waals surface area (Å²) in [6.45, 7) is 2.14. The fourth-order valence-corrected chi connectivity index (χ4v) is 1.76. The summed E-state index contributed by atoms with van der Waals surface area (Å²) in [4.78, 5) is 11.4.